The van der Waals surface area contributed by atoms with Crippen LogP contribution in [0, 0.1) is 0 Å². The summed E-state index contributed by atoms with van der Waals surface area (Å²) in [5.41, 5.74) is 0. The molecule has 0 aromatic heterocycles. The Labute approximate surface area is 128 Å². The molecule has 0 aliphatic carbocycles. The highest BCUT2D eigenvalue weighted by Crippen LogP contribution is 2.09. The summed E-state index contributed by atoms with van der Waals surface area (Å²) in [6.45, 7) is 8.98. The molecule has 1 aliphatic rings. The topological polar surface area (TPSA) is 73.5 Å². The minimum absolute atomic E-state index is 0.240. The first-order valence-corrected chi connectivity index (χ1v) is 8.08. The van der Waals surface area contributed by atoms with E-state index in [4.69, 9.17) is 0 Å². The number of unbranched alkanes of at least 4 members (excludes halogenated alkanes) is 1. The highest BCUT2D eigenvalue weighted by Gasteiger charge is 2.22. The molecule has 1 heterocycles. The number of amides is 3. The van der Waals surface area contributed by atoms with Gasteiger partial charge in [-0.2, -0.15) is 0 Å². The average Bonchev–Trinajstić information content (AvgIpc) is 2.91. The minimum atomic E-state index is -0.392. The molecule has 1 aliphatic heterocycles. The number of nitrogens with one attached hydrogen (secondary N) is 3. The average molecular weight is 298 g/mol. The summed E-state index contributed by atoms with van der Waals surface area (Å²) in [6, 6.07) is 0.344. The molecule has 1 rings (SSSR count). The van der Waals surface area contributed by atoms with Gasteiger partial charge in [0.1, 0.15) is 0 Å². The highest BCUT2D eigenvalue weighted by molar-refractivity contribution is 5.95. The summed E-state index contributed by atoms with van der Waals surface area (Å²) in [6.07, 6.45) is 4.29. The van der Waals surface area contributed by atoms with Crippen LogP contribution >= 0.6 is 0 Å². The molecule has 1 saturated heterocycles. The number of rotatable bonds is 8. The van der Waals surface area contributed by atoms with Crippen molar-refractivity contribution in [1.29, 1.82) is 0 Å². The maximum Gasteiger partial charge on any atom is 0.321 e. The Bertz CT molecular complexity index is 328. The van der Waals surface area contributed by atoms with Crippen molar-refractivity contribution in [3.05, 3.63) is 0 Å². The van der Waals surface area contributed by atoms with Gasteiger partial charge in [-0.1, -0.05) is 13.3 Å². The molecule has 0 radical (unpaired) electrons. The van der Waals surface area contributed by atoms with Gasteiger partial charge < -0.3 is 10.6 Å². The SMILES string of the molecule is CCCCNC(=O)NC(=O)CN(CC1CCCN1)C(C)C. The van der Waals surface area contributed by atoms with Crippen LogP contribution in [-0.2, 0) is 4.79 Å². The van der Waals surface area contributed by atoms with E-state index in [1.807, 2.05) is 0 Å². The van der Waals surface area contributed by atoms with Crippen LogP contribution in [0.1, 0.15) is 46.5 Å². The highest BCUT2D eigenvalue weighted by atomic mass is 16.2. The van der Waals surface area contributed by atoms with E-state index < -0.39 is 6.03 Å². The fraction of sp³-hybridized carbons (Fsp3) is 0.867. The van der Waals surface area contributed by atoms with Gasteiger partial charge >= 0.3 is 6.03 Å². The van der Waals surface area contributed by atoms with Gasteiger partial charge in [0, 0.05) is 25.2 Å². The lowest BCUT2D eigenvalue weighted by Gasteiger charge is -2.28. The molecule has 3 N–H and O–H groups in total. The Morgan fingerprint density at radius 3 is 2.71 bits per heavy atom. The molecule has 6 heteroatoms. The third-order valence-corrected chi connectivity index (χ3v) is 3.76. The van der Waals surface area contributed by atoms with Gasteiger partial charge in [0.2, 0.25) is 5.91 Å². The third kappa shape index (κ3) is 7.43. The molecule has 0 spiro atoms. The van der Waals surface area contributed by atoms with Gasteiger partial charge in [0.15, 0.2) is 0 Å². The Kier molecular flexibility index (Phi) is 8.30. The van der Waals surface area contributed by atoms with E-state index in [0.717, 1.165) is 32.4 Å². The minimum Gasteiger partial charge on any atom is -0.338 e. The number of carbonyl (C=O) groups excluding carboxylic acids is 2. The van der Waals surface area contributed by atoms with E-state index in [9.17, 15) is 9.59 Å². The maximum absolute atomic E-state index is 11.9. The smallest absolute Gasteiger partial charge is 0.321 e. The van der Waals surface area contributed by atoms with Crippen LogP contribution in [0.2, 0.25) is 0 Å². The molecular formula is C15H30N4O2. The molecule has 21 heavy (non-hydrogen) atoms. The van der Waals surface area contributed by atoms with Crippen molar-refractivity contribution < 1.29 is 9.59 Å². The molecule has 6 nitrogen and oxygen atoms in total. The molecule has 0 saturated carbocycles. The summed E-state index contributed by atoms with van der Waals surface area (Å²) in [7, 11) is 0. The molecule has 3 amide bonds. The summed E-state index contributed by atoms with van der Waals surface area (Å²) < 4.78 is 0. The first-order valence-electron chi connectivity index (χ1n) is 8.08. The van der Waals surface area contributed by atoms with E-state index >= 15 is 0 Å². The normalized spacial score (nSPS) is 18.2. The quantitative estimate of drug-likeness (QED) is 0.586. The monoisotopic (exact) mass is 298 g/mol. The number of imide groups is 1. The Balaban J connectivity index is 2.32. The van der Waals surface area contributed by atoms with E-state index in [-0.39, 0.29) is 18.5 Å². The Morgan fingerprint density at radius 1 is 1.38 bits per heavy atom. The first kappa shape index (κ1) is 17.9. The molecule has 1 atom stereocenters. The lowest BCUT2D eigenvalue weighted by atomic mass is 10.2. The number of hydrogen-bond donors (Lipinski definition) is 3. The summed E-state index contributed by atoms with van der Waals surface area (Å²) in [5, 5.41) is 8.52. The van der Waals surface area contributed by atoms with Crippen molar-refractivity contribution in [2.45, 2.75) is 58.5 Å². The van der Waals surface area contributed by atoms with Gasteiger partial charge in [0.05, 0.1) is 6.54 Å². The standard InChI is InChI=1S/C15H30N4O2/c1-4-5-8-17-15(21)18-14(20)11-19(12(2)3)10-13-7-6-9-16-13/h12-13,16H,4-11H2,1-3H3,(H2,17,18,20,21). The zero-order valence-electron chi connectivity index (χ0n) is 13.6. The van der Waals surface area contributed by atoms with Gasteiger partial charge in [0.25, 0.3) is 0 Å². The second-order valence-corrected chi connectivity index (χ2v) is 5.97. The molecule has 0 bridgehead atoms. The van der Waals surface area contributed by atoms with Crippen molar-refractivity contribution in [1.82, 2.24) is 20.9 Å². The zero-order chi connectivity index (χ0) is 15.7. The Morgan fingerprint density at radius 2 is 2.14 bits per heavy atom. The predicted molar refractivity (Wildman–Crippen MR) is 84.2 cm³/mol. The van der Waals surface area contributed by atoms with Crippen LogP contribution in [-0.4, -0.2) is 55.1 Å². The maximum atomic E-state index is 11.9. The Hall–Kier alpha value is -1.14. The zero-order valence-corrected chi connectivity index (χ0v) is 13.6. The summed E-state index contributed by atoms with van der Waals surface area (Å²) in [4.78, 5) is 25.6. The van der Waals surface area contributed by atoms with Crippen LogP contribution in [0.5, 0.6) is 0 Å². The molecule has 0 aromatic carbocycles. The van der Waals surface area contributed by atoms with Crippen LogP contribution < -0.4 is 16.0 Å². The van der Waals surface area contributed by atoms with E-state index in [2.05, 4.69) is 41.6 Å². The van der Waals surface area contributed by atoms with Gasteiger partial charge in [-0.05, 0) is 39.7 Å². The molecule has 122 valence electrons. The second-order valence-electron chi connectivity index (χ2n) is 5.97. The molecule has 1 fully saturated rings. The predicted octanol–water partition coefficient (Wildman–Crippen LogP) is 1.07. The van der Waals surface area contributed by atoms with Crippen LogP contribution in [0.15, 0.2) is 0 Å². The number of nitrogens with zero attached hydrogens (tertiary/aromatic N) is 1. The van der Waals surface area contributed by atoms with Crippen molar-refractivity contribution in [3.8, 4) is 0 Å². The van der Waals surface area contributed by atoms with Gasteiger partial charge in [-0.25, -0.2) is 4.79 Å². The number of hydrogen-bond acceptors (Lipinski definition) is 4. The molecule has 0 aromatic rings. The summed E-state index contributed by atoms with van der Waals surface area (Å²) in [5.74, 6) is -0.240. The lowest BCUT2D eigenvalue weighted by Crippen LogP contribution is -2.49. The first-order chi connectivity index (χ1) is 10.0. The molecule has 1 unspecified atom stereocenters. The number of urea groups is 1. The van der Waals surface area contributed by atoms with Crippen LogP contribution in [0.25, 0.3) is 0 Å². The van der Waals surface area contributed by atoms with Crippen molar-refractivity contribution in [2.24, 2.45) is 0 Å². The van der Waals surface area contributed by atoms with E-state index in [1.54, 1.807) is 0 Å². The summed E-state index contributed by atoms with van der Waals surface area (Å²) >= 11 is 0. The third-order valence-electron chi connectivity index (χ3n) is 3.76. The van der Waals surface area contributed by atoms with E-state index in [1.165, 1.54) is 6.42 Å². The molecular weight excluding hydrogens is 268 g/mol. The van der Waals surface area contributed by atoms with Crippen molar-refractivity contribution in [2.75, 3.05) is 26.2 Å². The van der Waals surface area contributed by atoms with Crippen LogP contribution in [0.3, 0.4) is 0 Å². The van der Waals surface area contributed by atoms with Gasteiger partial charge in [-0.3, -0.25) is 15.0 Å². The fourth-order valence-electron chi connectivity index (χ4n) is 2.43. The van der Waals surface area contributed by atoms with E-state index in [0.29, 0.717) is 12.6 Å². The second kappa shape index (κ2) is 9.73. The lowest BCUT2D eigenvalue weighted by molar-refractivity contribution is -0.121. The van der Waals surface area contributed by atoms with Crippen LogP contribution in [0.4, 0.5) is 4.79 Å². The van der Waals surface area contributed by atoms with Crippen molar-refractivity contribution in [3.63, 3.8) is 0 Å². The van der Waals surface area contributed by atoms with Crippen molar-refractivity contribution >= 4 is 11.9 Å². The van der Waals surface area contributed by atoms with Gasteiger partial charge in [-0.15, -0.1) is 0 Å². The fourth-order valence-corrected chi connectivity index (χ4v) is 2.43. The number of carbonyl (C=O) groups is 2. The largest absolute Gasteiger partial charge is 0.338 e.